The normalized spacial score (nSPS) is 11.9. The largest absolute Gasteiger partial charge is 0.508 e. The number of nitrogens with two attached hydrogens (primary N) is 1. The fraction of sp³-hybridized carbons (Fsp3) is 0.188. The predicted octanol–water partition coefficient (Wildman–Crippen LogP) is 2.23. The quantitative estimate of drug-likeness (QED) is 0.793. The van der Waals surface area contributed by atoms with Crippen LogP contribution in [0.25, 0.3) is 0 Å². The minimum atomic E-state index is -0.631. The number of nitrogens with one attached hydrogen (secondary N) is 1. The molecule has 0 saturated heterocycles. The topological polar surface area (TPSA) is 75.3 Å². The van der Waals surface area contributed by atoms with Gasteiger partial charge in [-0.3, -0.25) is 4.79 Å². The van der Waals surface area contributed by atoms with Crippen molar-refractivity contribution >= 4 is 17.5 Å². The van der Waals surface area contributed by atoms with Crippen molar-refractivity contribution in [1.82, 2.24) is 5.32 Å². The van der Waals surface area contributed by atoms with E-state index in [9.17, 15) is 9.90 Å². The van der Waals surface area contributed by atoms with E-state index in [-0.39, 0.29) is 11.7 Å². The van der Waals surface area contributed by atoms with Gasteiger partial charge in [0, 0.05) is 11.6 Å². The van der Waals surface area contributed by atoms with Crippen LogP contribution in [0.5, 0.6) is 5.75 Å². The molecule has 0 radical (unpaired) electrons. The van der Waals surface area contributed by atoms with Crippen molar-refractivity contribution in [3.63, 3.8) is 0 Å². The van der Waals surface area contributed by atoms with Crippen LogP contribution in [0, 0.1) is 0 Å². The van der Waals surface area contributed by atoms with Gasteiger partial charge in [0.05, 0.1) is 6.04 Å². The molecule has 5 heteroatoms. The second-order valence-corrected chi connectivity index (χ2v) is 5.26. The van der Waals surface area contributed by atoms with E-state index in [2.05, 4.69) is 5.32 Å². The van der Waals surface area contributed by atoms with Gasteiger partial charge in [-0.15, -0.1) is 0 Å². The van der Waals surface area contributed by atoms with Gasteiger partial charge in [0.15, 0.2) is 0 Å². The summed E-state index contributed by atoms with van der Waals surface area (Å²) < 4.78 is 0. The van der Waals surface area contributed by atoms with E-state index in [1.165, 1.54) is 0 Å². The number of aromatic hydroxyl groups is 1. The van der Waals surface area contributed by atoms with Crippen LogP contribution in [0.1, 0.15) is 11.1 Å². The first-order valence-electron chi connectivity index (χ1n) is 6.60. The Bertz CT molecular complexity index is 614. The summed E-state index contributed by atoms with van der Waals surface area (Å²) in [4.78, 5) is 12.0. The van der Waals surface area contributed by atoms with Crippen molar-refractivity contribution in [2.24, 2.45) is 5.73 Å². The second kappa shape index (κ2) is 7.11. The number of amides is 1. The fourth-order valence-electron chi connectivity index (χ4n) is 1.95. The highest BCUT2D eigenvalue weighted by molar-refractivity contribution is 6.30. The second-order valence-electron chi connectivity index (χ2n) is 4.82. The molecule has 0 fully saturated rings. The molecule has 21 heavy (non-hydrogen) atoms. The van der Waals surface area contributed by atoms with Crippen molar-refractivity contribution in [3.8, 4) is 5.75 Å². The van der Waals surface area contributed by atoms with Gasteiger partial charge >= 0.3 is 0 Å². The number of rotatable bonds is 5. The Hall–Kier alpha value is -2.04. The average molecular weight is 305 g/mol. The van der Waals surface area contributed by atoms with Crippen LogP contribution in [-0.4, -0.2) is 17.1 Å². The maximum Gasteiger partial charge on any atom is 0.237 e. The molecular formula is C16H17ClN2O2. The number of carbonyl (C=O) groups is 1. The number of phenols is 1. The van der Waals surface area contributed by atoms with Crippen LogP contribution in [0.2, 0.25) is 5.02 Å². The number of hydrogen-bond donors (Lipinski definition) is 3. The summed E-state index contributed by atoms with van der Waals surface area (Å²) in [7, 11) is 0. The molecule has 0 unspecified atom stereocenters. The molecular weight excluding hydrogens is 288 g/mol. The Morgan fingerprint density at radius 1 is 1.19 bits per heavy atom. The summed E-state index contributed by atoms with van der Waals surface area (Å²) in [6.45, 7) is 0.392. The zero-order valence-electron chi connectivity index (χ0n) is 11.4. The minimum Gasteiger partial charge on any atom is -0.508 e. The van der Waals surface area contributed by atoms with E-state index in [1.54, 1.807) is 36.4 Å². The van der Waals surface area contributed by atoms with Gasteiger partial charge in [0.25, 0.3) is 0 Å². The lowest BCUT2D eigenvalue weighted by Gasteiger charge is -2.12. The lowest BCUT2D eigenvalue weighted by molar-refractivity contribution is -0.122. The Balaban J connectivity index is 1.86. The van der Waals surface area contributed by atoms with Gasteiger partial charge < -0.3 is 16.2 Å². The van der Waals surface area contributed by atoms with Gasteiger partial charge in [0.2, 0.25) is 5.91 Å². The van der Waals surface area contributed by atoms with Crippen molar-refractivity contribution in [1.29, 1.82) is 0 Å². The summed E-state index contributed by atoms with van der Waals surface area (Å²) in [5.41, 5.74) is 7.71. The highest BCUT2D eigenvalue weighted by Gasteiger charge is 2.13. The molecule has 4 nitrogen and oxygen atoms in total. The van der Waals surface area contributed by atoms with Crippen LogP contribution in [0.4, 0.5) is 0 Å². The zero-order valence-corrected chi connectivity index (χ0v) is 12.2. The van der Waals surface area contributed by atoms with E-state index in [0.717, 1.165) is 11.1 Å². The molecule has 0 saturated carbocycles. The fourth-order valence-corrected chi connectivity index (χ4v) is 2.16. The van der Waals surface area contributed by atoms with Crippen LogP contribution in [-0.2, 0) is 17.8 Å². The van der Waals surface area contributed by atoms with E-state index in [4.69, 9.17) is 17.3 Å². The molecule has 4 N–H and O–H groups in total. The molecule has 0 aliphatic rings. The molecule has 110 valence electrons. The number of benzene rings is 2. The molecule has 0 aromatic heterocycles. The van der Waals surface area contributed by atoms with Crippen molar-refractivity contribution in [2.45, 2.75) is 19.0 Å². The molecule has 0 aliphatic carbocycles. The van der Waals surface area contributed by atoms with E-state index >= 15 is 0 Å². The van der Waals surface area contributed by atoms with Crippen LogP contribution in [0.15, 0.2) is 48.5 Å². The summed E-state index contributed by atoms with van der Waals surface area (Å²) in [5.74, 6) is -0.0271. The first kappa shape index (κ1) is 15.4. The Labute approximate surface area is 128 Å². The molecule has 2 aromatic carbocycles. The van der Waals surface area contributed by atoms with E-state index in [1.807, 2.05) is 12.1 Å². The Morgan fingerprint density at radius 2 is 1.90 bits per heavy atom. The lowest BCUT2D eigenvalue weighted by atomic mass is 10.1. The van der Waals surface area contributed by atoms with E-state index in [0.29, 0.717) is 18.0 Å². The highest BCUT2D eigenvalue weighted by atomic mass is 35.5. The summed E-state index contributed by atoms with van der Waals surface area (Å²) in [6.07, 6.45) is 0.418. The molecule has 0 heterocycles. The Morgan fingerprint density at radius 3 is 2.57 bits per heavy atom. The number of carbonyl (C=O) groups excluding carboxylic acids is 1. The van der Waals surface area contributed by atoms with Gasteiger partial charge in [0.1, 0.15) is 5.75 Å². The van der Waals surface area contributed by atoms with Crippen LogP contribution < -0.4 is 11.1 Å². The lowest BCUT2D eigenvalue weighted by Crippen LogP contribution is -2.41. The van der Waals surface area contributed by atoms with Crippen LogP contribution in [0.3, 0.4) is 0 Å². The third kappa shape index (κ3) is 4.77. The molecule has 0 spiro atoms. The molecule has 2 rings (SSSR count). The van der Waals surface area contributed by atoms with Gasteiger partial charge in [-0.1, -0.05) is 35.9 Å². The first-order chi connectivity index (χ1) is 10.0. The first-order valence-corrected chi connectivity index (χ1v) is 6.98. The average Bonchev–Trinajstić information content (AvgIpc) is 2.47. The smallest absolute Gasteiger partial charge is 0.237 e. The number of halogens is 1. The Kier molecular flexibility index (Phi) is 5.20. The molecule has 1 atom stereocenters. The van der Waals surface area contributed by atoms with Gasteiger partial charge in [-0.05, 0) is 41.8 Å². The van der Waals surface area contributed by atoms with Crippen LogP contribution >= 0.6 is 11.6 Å². The predicted molar refractivity (Wildman–Crippen MR) is 83.1 cm³/mol. The maximum absolute atomic E-state index is 12.0. The third-order valence-corrected chi connectivity index (χ3v) is 3.32. The number of hydrogen-bond acceptors (Lipinski definition) is 3. The van der Waals surface area contributed by atoms with Crippen molar-refractivity contribution < 1.29 is 9.90 Å². The molecule has 1 amide bonds. The minimum absolute atomic E-state index is 0.192. The molecule has 0 aliphatic heterocycles. The third-order valence-electron chi connectivity index (χ3n) is 3.08. The van der Waals surface area contributed by atoms with Crippen molar-refractivity contribution in [2.75, 3.05) is 0 Å². The zero-order chi connectivity index (χ0) is 15.2. The maximum atomic E-state index is 12.0. The molecule has 0 bridgehead atoms. The standard InChI is InChI=1S/C16H17ClN2O2/c17-13-3-1-2-12(8-13)10-19-16(21)15(18)9-11-4-6-14(20)7-5-11/h1-8,15,20H,9-10,18H2,(H,19,21)/t15-/m0/s1. The van der Waals surface area contributed by atoms with Gasteiger partial charge in [-0.2, -0.15) is 0 Å². The SMILES string of the molecule is N[C@@H](Cc1ccc(O)cc1)C(=O)NCc1cccc(Cl)c1. The summed E-state index contributed by atoms with van der Waals surface area (Å²) in [5, 5.41) is 12.6. The monoisotopic (exact) mass is 304 g/mol. The highest BCUT2D eigenvalue weighted by Crippen LogP contribution is 2.12. The van der Waals surface area contributed by atoms with Crippen molar-refractivity contribution in [3.05, 3.63) is 64.7 Å². The number of phenolic OH excluding ortho intramolecular Hbond substituents is 1. The van der Waals surface area contributed by atoms with E-state index < -0.39 is 6.04 Å². The molecule has 2 aromatic rings. The van der Waals surface area contributed by atoms with Gasteiger partial charge in [-0.25, -0.2) is 0 Å². The summed E-state index contributed by atoms with van der Waals surface area (Å²) in [6, 6.07) is 13.3. The summed E-state index contributed by atoms with van der Waals surface area (Å²) >= 11 is 5.88.